The molecule has 0 aliphatic heterocycles. The van der Waals surface area contributed by atoms with Gasteiger partial charge in [0, 0.05) is 0 Å². The Labute approximate surface area is 210 Å². The van der Waals surface area contributed by atoms with Gasteiger partial charge in [-0.15, -0.1) is 0 Å². The largest absolute Gasteiger partial charge is 0.491 e. The molecule has 0 heterocycles. The van der Waals surface area contributed by atoms with Crippen molar-refractivity contribution in [3.63, 3.8) is 0 Å². The van der Waals surface area contributed by atoms with E-state index in [2.05, 4.69) is 19.9 Å². The summed E-state index contributed by atoms with van der Waals surface area (Å²) in [5.41, 5.74) is 0.518. The standard InChI is InChI=1S/C24H20O4.C3H8.2C2H6/c25-19(15-27-20-10-2-1-3-11-20)16-28-24(26)23-21-12-6-4-8-17(21)14-18-9-5-7-13-22(18)23;1-3-2;2*1-2/h1-14,19,25H,15-16H2;3H2,1-2H3;2*1-2H3. The second-order valence-corrected chi connectivity index (χ2v) is 7.28. The molecule has 0 spiro atoms. The van der Waals surface area contributed by atoms with E-state index in [0.29, 0.717) is 11.3 Å². The van der Waals surface area contributed by atoms with Crippen molar-refractivity contribution in [3.05, 3.63) is 90.5 Å². The van der Waals surface area contributed by atoms with Gasteiger partial charge in [-0.2, -0.15) is 0 Å². The lowest BCUT2D eigenvalue weighted by atomic mass is 9.97. The van der Waals surface area contributed by atoms with Crippen molar-refractivity contribution in [3.8, 4) is 5.75 Å². The number of aliphatic hydroxyl groups is 1. The highest BCUT2D eigenvalue weighted by molar-refractivity contribution is 6.16. The first kappa shape index (κ1) is 29.7. The quantitative estimate of drug-likeness (QED) is 0.226. The minimum absolute atomic E-state index is 0.0492. The molecule has 188 valence electrons. The zero-order valence-electron chi connectivity index (χ0n) is 22.0. The van der Waals surface area contributed by atoms with Crippen LogP contribution in [0.15, 0.2) is 84.9 Å². The van der Waals surface area contributed by atoms with Gasteiger partial charge in [0.25, 0.3) is 0 Å². The topological polar surface area (TPSA) is 55.8 Å². The zero-order valence-corrected chi connectivity index (χ0v) is 22.0. The van der Waals surface area contributed by atoms with Gasteiger partial charge in [-0.3, -0.25) is 0 Å². The van der Waals surface area contributed by atoms with Crippen LogP contribution in [-0.4, -0.2) is 30.4 Å². The maximum atomic E-state index is 12.9. The SMILES string of the molecule is CC.CC.CCC.O=C(OCC(O)COc1ccccc1)c1c2ccccc2cc2ccccc12. The van der Waals surface area contributed by atoms with Crippen molar-refractivity contribution in [1.82, 2.24) is 0 Å². The number of para-hydroxylation sites is 1. The summed E-state index contributed by atoms with van der Waals surface area (Å²) < 4.78 is 10.9. The summed E-state index contributed by atoms with van der Waals surface area (Å²) in [5.74, 6) is 0.208. The van der Waals surface area contributed by atoms with E-state index in [0.717, 1.165) is 21.5 Å². The molecule has 1 N–H and O–H groups in total. The zero-order chi connectivity index (χ0) is 26.1. The van der Waals surface area contributed by atoms with Gasteiger partial charge in [0.15, 0.2) is 0 Å². The van der Waals surface area contributed by atoms with E-state index >= 15 is 0 Å². The second kappa shape index (κ2) is 17.1. The van der Waals surface area contributed by atoms with Crippen molar-refractivity contribution in [2.45, 2.75) is 54.1 Å². The number of benzene rings is 4. The minimum atomic E-state index is -0.912. The maximum Gasteiger partial charge on any atom is 0.339 e. The average Bonchev–Trinajstić information content (AvgIpc) is 2.92. The molecule has 0 saturated heterocycles. The first-order chi connectivity index (χ1) is 17.1. The molecule has 0 radical (unpaired) electrons. The van der Waals surface area contributed by atoms with Gasteiger partial charge >= 0.3 is 5.97 Å². The fourth-order valence-corrected chi connectivity index (χ4v) is 3.23. The first-order valence-corrected chi connectivity index (χ1v) is 12.6. The maximum absolute atomic E-state index is 12.9. The van der Waals surface area contributed by atoms with Gasteiger partial charge in [0.2, 0.25) is 0 Å². The average molecular weight is 477 g/mol. The second-order valence-electron chi connectivity index (χ2n) is 7.28. The summed E-state index contributed by atoms with van der Waals surface area (Å²) in [4.78, 5) is 12.9. The normalized spacial score (nSPS) is 10.5. The van der Waals surface area contributed by atoms with Gasteiger partial charge < -0.3 is 14.6 Å². The van der Waals surface area contributed by atoms with Gasteiger partial charge in [-0.25, -0.2) is 4.79 Å². The van der Waals surface area contributed by atoms with Crippen molar-refractivity contribution in [2.75, 3.05) is 13.2 Å². The number of hydrogen-bond donors (Lipinski definition) is 1. The van der Waals surface area contributed by atoms with Crippen LogP contribution in [0, 0.1) is 0 Å². The summed E-state index contributed by atoms with van der Waals surface area (Å²) in [7, 11) is 0. The number of carbonyl (C=O) groups excluding carboxylic acids is 1. The lowest BCUT2D eigenvalue weighted by Crippen LogP contribution is -2.25. The molecule has 1 unspecified atom stereocenters. The molecule has 4 heteroatoms. The van der Waals surface area contributed by atoms with Gasteiger partial charge in [0.05, 0.1) is 5.56 Å². The molecular formula is C31H40O4. The highest BCUT2D eigenvalue weighted by atomic mass is 16.5. The lowest BCUT2D eigenvalue weighted by molar-refractivity contribution is 0.0133. The molecule has 0 aliphatic rings. The number of ether oxygens (including phenoxy) is 2. The van der Waals surface area contributed by atoms with E-state index in [4.69, 9.17) is 9.47 Å². The molecule has 0 saturated carbocycles. The van der Waals surface area contributed by atoms with Crippen LogP contribution in [0.5, 0.6) is 5.75 Å². The smallest absolute Gasteiger partial charge is 0.339 e. The third kappa shape index (κ3) is 9.06. The van der Waals surface area contributed by atoms with Crippen LogP contribution >= 0.6 is 0 Å². The fraction of sp³-hybridized carbons (Fsp3) is 0.323. The molecule has 4 aromatic carbocycles. The van der Waals surface area contributed by atoms with Crippen LogP contribution in [0.25, 0.3) is 21.5 Å². The molecule has 4 rings (SSSR count). The summed E-state index contributed by atoms with van der Waals surface area (Å²) in [6.45, 7) is 12.2. The monoisotopic (exact) mass is 476 g/mol. The van der Waals surface area contributed by atoms with Crippen LogP contribution in [0.3, 0.4) is 0 Å². The third-order valence-corrected chi connectivity index (χ3v) is 4.57. The number of fused-ring (bicyclic) bond motifs is 2. The third-order valence-electron chi connectivity index (χ3n) is 4.57. The Morgan fingerprint density at radius 2 is 1.20 bits per heavy atom. The first-order valence-electron chi connectivity index (χ1n) is 12.6. The van der Waals surface area contributed by atoms with Crippen molar-refractivity contribution < 1.29 is 19.4 Å². The molecule has 4 aromatic rings. The summed E-state index contributed by atoms with van der Waals surface area (Å²) in [6, 6.07) is 26.7. The number of esters is 1. The lowest BCUT2D eigenvalue weighted by Gasteiger charge is -2.15. The summed E-state index contributed by atoms with van der Waals surface area (Å²) in [6.07, 6.45) is 0.338. The molecule has 0 fully saturated rings. The Balaban J connectivity index is 0.000000797. The molecular weight excluding hydrogens is 436 g/mol. The number of rotatable bonds is 6. The van der Waals surface area contributed by atoms with Crippen LogP contribution in [-0.2, 0) is 4.74 Å². The Morgan fingerprint density at radius 3 is 1.71 bits per heavy atom. The minimum Gasteiger partial charge on any atom is -0.491 e. The molecule has 35 heavy (non-hydrogen) atoms. The Morgan fingerprint density at radius 1 is 0.743 bits per heavy atom. The highest BCUT2D eigenvalue weighted by Gasteiger charge is 2.18. The summed E-state index contributed by atoms with van der Waals surface area (Å²) >= 11 is 0. The van der Waals surface area contributed by atoms with Gasteiger partial charge in [-0.1, -0.05) is 115 Å². The van der Waals surface area contributed by atoms with Gasteiger partial charge in [-0.05, 0) is 39.7 Å². The summed E-state index contributed by atoms with van der Waals surface area (Å²) in [5, 5.41) is 13.7. The Hall–Kier alpha value is -3.37. The van der Waals surface area contributed by atoms with E-state index in [1.807, 2.05) is 94.4 Å². The predicted octanol–water partition coefficient (Wildman–Crippen LogP) is 8.06. The van der Waals surface area contributed by atoms with Crippen molar-refractivity contribution >= 4 is 27.5 Å². The highest BCUT2D eigenvalue weighted by Crippen LogP contribution is 2.29. The Kier molecular flexibility index (Phi) is 14.5. The number of aliphatic hydroxyl groups excluding tert-OH is 1. The molecule has 0 aromatic heterocycles. The van der Waals surface area contributed by atoms with Crippen LogP contribution in [0.2, 0.25) is 0 Å². The predicted molar refractivity (Wildman–Crippen MR) is 148 cm³/mol. The van der Waals surface area contributed by atoms with Gasteiger partial charge in [0.1, 0.15) is 25.1 Å². The molecule has 4 nitrogen and oxygen atoms in total. The van der Waals surface area contributed by atoms with Crippen molar-refractivity contribution in [1.29, 1.82) is 0 Å². The van der Waals surface area contributed by atoms with E-state index in [1.165, 1.54) is 6.42 Å². The fourth-order valence-electron chi connectivity index (χ4n) is 3.23. The molecule has 1 atom stereocenters. The Bertz CT molecular complexity index is 1070. The van der Waals surface area contributed by atoms with Crippen LogP contribution < -0.4 is 4.74 Å². The molecule has 0 amide bonds. The number of carbonyl (C=O) groups is 1. The van der Waals surface area contributed by atoms with E-state index in [1.54, 1.807) is 12.1 Å². The van der Waals surface area contributed by atoms with Crippen molar-refractivity contribution in [2.24, 2.45) is 0 Å². The van der Waals surface area contributed by atoms with Crippen LogP contribution in [0.4, 0.5) is 0 Å². The van der Waals surface area contributed by atoms with E-state index < -0.39 is 12.1 Å². The molecule has 0 aliphatic carbocycles. The van der Waals surface area contributed by atoms with E-state index in [9.17, 15) is 9.90 Å². The number of hydrogen-bond acceptors (Lipinski definition) is 4. The molecule has 0 bridgehead atoms. The van der Waals surface area contributed by atoms with Crippen LogP contribution in [0.1, 0.15) is 58.3 Å². The van der Waals surface area contributed by atoms with E-state index in [-0.39, 0.29) is 13.2 Å².